The molecule has 0 bridgehead atoms. The minimum Gasteiger partial charge on any atom is -0.481 e. The van der Waals surface area contributed by atoms with Crippen molar-refractivity contribution in [3.8, 4) is 0 Å². The number of carbonyl (C=O) groups is 3. The van der Waals surface area contributed by atoms with Crippen molar-refractivity contribution in [3.05, 3.63) is 0 Å². The first kappa shape index (κ1) is 19.1. The number of ether oxygens (including phenoxy) is 1. The molecule has 2 amide bonds. The first-order chi connectivity index (χ1) is 9.92. The van der Waals surface area contributed by atoms with Gasteiger partial charge in [-0.25, -0.2) is 9.59 Å². The first-order valence-corrected chi connectivity index (χ1v) is 6.52. The van der Waals surface area contributed by atoms with Gasteiger partial charge < -0.3 is 30.3 Å². The molecule has 0 rings (SSSR count). The lowest BCUT2D eigenvalue weighted by Gasteiger charge is -2.24. The third kappa shape index (κ3) is 8.82. The number of amides is 2. The van der Waals surface area contributed by atoms with Crippen molar-refractivity contribution in [2.24, 2.45) is 0 Å². The lowest BCUT2D eigenvalue weighted by atomic mass is 10.1. The Morgan fingerprint density at radius 3 is 2.38 bits per heavy atom. The molecule has 21 heavy (non-hydrogen) atoms. The van der Waals surface area contributed by atoms with Crippen molar-refractivity contribution in [3.63, 3.8) is 0 Å². The summed E-state index contributed by atoms with van der Waals surface area (Å²) in [5.41, 5.74) is 0. The van der Waals surface area contributed by atoms with E-state index in [1.165, 1.54) is 12.0 Å². The summed E-state index contributed by atoms with van der Waals surface area (Å²) in [4.78, 5) is 34.6. The highest BCUT2D eigenvalue weighted by Gasteiger charge is 2.22. The summed E-state index contributed by atoms with van der Waals surface area (Å²) in [7, 11) is 1.46. The van der Waals surface area contributed by atoms with E-state index in [0.717, 1.165) is 0 Å². The molecule has 0 aliphatic heterocycles. The van der Waals surface area contributed by atoms with Gasteiger partial charge in [-0.2, -0.15) is 0 Å². The number of hydrogen-bond donors (Lipinski definition) is 4. The summed E-state index contributed by atoms with van der Waals surface area (Å²) in [5.74, 6) is -2.25. The quantitative estimate of drug-likeness (QED) is 0.398. The summed E-state index contributed by atoms with van der Waals surface area (Å²) in [6, 6.07) is -1.80. The monoisotopic (exact) mass is 306 g/mol. The van der Waals surface area contributed by atoms with Crippen LogP contribution in [-0.2, 0) is 14.3 Å². The van der Waals surface area contributed by atoms with Gasteiger partial charge in [-0.05, 0) is 12.8 Å². The molecule has 1 atom stereocenters. The number of carboxylic acids is 2. The van der Waals surface area contributed by atoms with Crippen LogP contribution in [0.3, 0.4) is 0 Å². The molecule has 0 saturated heterocycles. The SMILES string of the molecule is COCCN(CCO)C(=O)N[C@H](CCCC(=O)O)C(=O)O. The van der Waals surface area contributed by atoms with Crippen molar-refractivity contribution in [1.29, 1.82) is 0 Å². The summed E-state index contributed by atoms with van der Waals surface area (Å²) in [5, 5.41) is 28.7. The van der Waals surface area contributed by atoms with Crippen LogP contribution in [0.5, 0.6) is 0 Å². The van der Waals surface area contributed by atoms with Gasteiger partial charge in [-0.1, -0.05) is 0 Å². The Bertz CT molecular complexity index is 348. The molecule has 0 aliphatic rings. The molecule has 0 radical (unpaired) electrons. The van der Waals surface area contributed by atoms with Gasteiger partial charge in [0, 0.05) is 26.6 Å². The zero-order chi connectivity index (χ0) is 16.3. The smallest absolute Gasteiger partial charge is 0.326 e. The van der Waals surface area contributed by atoms with Gasteiger partial charge in [0.25, 0.3) is 0 Å². The third-order valence-corrected chi connectivity index (χ3v) is 2.70. The predicted molar refractivity (Wildman–Crippen MR) is 72.0 cm³/mol. The molecular weight excluding hydrogens is 284 g/mol. The second-order valence-electron chi connectivity index (χ2n) is 4.33. The van der Waals surface area contributed by atoms with Gasteiger partial charge in [0.1, 0.15) is 6.04 Å². The topological polar surface area (TPSA) is 136 Å². The van der Waals surface area contributed by atoms with Gasteiger partial charge >= 0.3 is 18.0 Å². The van der Waals surface area contributed by atoms with Crippen LogP contribution in [-0.4, -0.2) is 77.6 Å². The number of aliphatic hydroxyl groups is 1. The Balaban J connectivity index is 4.47. The first-order valence-electron chi connectivity index (χ1n) is 6.52. The van der Waals surface area contributed by atoms with E-state index in [2.05, 4.69) is 5.32 Å². The normalized spacial score (nSPS) is 11.7. The Morgan fingerprint density at radius 2 is 1.90 bits per heavy atom. The highest BCUT2D eigenvalue weighted by Crippen LogP contribution is 2.03. The molecule has 0 aromatic heterocycles. The van der Waals surface area contributed by atoms with Crippen LogP contribution in [0.4, 0.5) is 4.79 Å². The highest BCUT2D eigenvalue weighted by atomic mass is 16.5. The molecule has 0 saturated carbocycles. The Kier molecular flexibility index (Phi) is 9.90. The Hall–Kier alpha value is -1.87. The van der Waals surface area contributed by atoms with Gasteiger partial charge in [-0.3, -0.25) is 4.79 Å². The largest absolute Gasteiger partial charge is 0.481 e. The number of aliphatic carboxylic acids is 2. The fraction of sp³-hybridized carbons (Fsp3) is 0.750. The molecule has 0 aromatic carbocycles. The Morgan fingerprint density at radius 1 is 1.24 bits per heavy atom. The molecule has 0 unspecified atom stereocenters. The molecule has 9 heteroatoms. The second-order valence-corrected chi connectivity index (χ2v) is 4.33. The molecule has 0 aliphatic carbocycles. The zero-order valence-corrected chi connectivity index (χ0v) is 11.9. The predicted octanol–water partition coefficient (Wildman–Crippen LogP) is -0.655. The van der Waals surface area contributed by atoms with Crippen molar-refractivity contribution < 1.29 is 34.4 Å². The molecule has 4 N–H and O–H groups in total. The van der Waals surface area contributed by atoms with Crippen LogP contribution in [0.1, 0.15) is 19.3 Å². The van der Waals surface area contributed by atoms with E-state index >= 15 is 0 Å². The van der Waals surface area contributed by atoms with Gasteiger partial charge in [0.05, 0.1) is 13.2 Å². The number of methoxy groups -OCH3 is 1. The van der Waals surface area contributed by atoms with Gasteiger partial charge in [0.15, 0.2) is 0 Å². The minimum atomic E-state index is -1.23. The van der Waals surface area contributed by atoms with Gasteiger partial charge in [-0.15, -0.1) is 0 Å². The summed E-state index contributed by atoms with van der Waals surface area (Å²) < 4.78 is 4.83. The molecule has 0 fully saturated rings. The van der Waals surface area contributed by atoms with Crippen LogP contribution < -0.4 is 5.32 Å². The van der Waals surface area contributed by atoms with E-state index < -0.39 is 24.0 Å². The molecule has 0 spiro atoms. The maximum absolute atomic E-state index is 11.9. The number of nitrogens with zero attached hydrogens (tertiary/aromatic N) is 1. The zero-order valence-electron chi connectivity index (χ0n) is 11.9. The second kappa shape index (κ2) is 10.9. The summed E-state index contributed by atoms with van der Waals surface area (Å²) >= 11 is 0. The van der Waals surface area contributed by atoms with Crippen molar-refractivity contribution in [2.45, 2.75) is 25.3 Å². The fourth-order valence-electron chi connectivity index (χ4n) is 1.59. The van der Waals surface area contributed by atoms with E-state index in [1.807, 2.05) is 0 Å². The van der Waals surface area contributed by atoms with E-state index in [0.29, 0.717) is 0 Å². The number of urea groups is 1. The number of nitrogens with one attached hydrogen (secondary N) is 1. The van der Waals surface area contributed by atoms with Crippen LogP contribution in [0.25, 0.3) is 0 Å². The van der Waals surface area contributed by atoms with E-state index in [1.54, 1.807) is 0 Å². The lowest BCUT2D eigenvalue weighted by Crippen LogP contribution is -2.49. The van der Waals surface area contributed by atoms with Crippen LogP contribution in [0.2, 0.25) is 0 Å². The standard InChI is InChI=1S/C12H22N2O7/c1-21-8-6-14(5-7-15)12(20)13-9(11(18)19)3-2-4-10(16)17/h9,15H,2-8H2,1H3,(H,13,20)(H,16,17)(H,18,19)/t9-/m1/s1. The van der Waals surface area contributed by atoms with Crippen molar-refractivity contribution in [1.82, 2.24) is 10.2 Å². The molecule has 0 heterocycles. The van der Waals surface area contributed by atoms with E-state index in [4.69, 9.17) is 20.1 Å². The number of carbonyl (C=O) groups excluding carboxylic acids is 1. The molecule has 9 nitrogen and oxygen atoms in total. The summed E-state index contributed by atoms with van der Waals surface area (Å²) in [6.07, 6.45) is -0.00104. The van der Waals surface area contributed by atoms with E-state index in [-0.39, 0.29) is 45.6 Å². The molecular formula is C12H22N2O7. The number of rotatable bonds is 11. The number of aliphatic hydroxyl groups excluding tert-OH is 1. The summed E-state index contributed by atoms with van der Waals surface area (Å²) in [6.45, 7) is 0.263. The van der Waals surface area contributed by atoms with Gasteiger partial charge in [0.2, 0.25) is 0 Å². The third-order valence-electron chi connectivity index (χ3n) is 2.70. The van der Waals surface area contributed by atoms with Crippen LogP contribution in [0, 0.1) is 0 Å². The average molecular weight is 306 g/mol. The average Bonchev–Trinajstić information content (AvgIpc) is 2.41. The number of hydrogen-bond acceptors (Lipinski definition) is 5. The van der Waals surface area contributed by atoms with E-state index in [9.17, 15) is 14.4 Å². The molecule has 0 aromatic rings. The van der Waals surface area contributed by atoms with Crippen LogP contribution >= 0.6 is 0 Å². The maximum atomic E-state index is 11.9. The highest BCUT2D eigenvalue weighted by molar-refractivity contribution is 5.82. The molecule has 122 valence electrons. The Labute approximate surface area is 122 Å². The number of carboxylic acid groups (broad SMARTS) is 2. The lowest BCUT2D eigenvalue weighted by molar-refractivity contribution is -0.140. The maximum Gasteiger partial charge on any atom is 0.326 e. The van der Waals surface area contributed by atoms with Crippen molar-refractivity contribution >= 4 is 18.0 Å². The van der Waals surface area contributed by atoms with Crippen LogP contribution in [0.15, 0.2) is 0 Å². The fourth-order valence-corrected chi connectivity index (χ4v) is 1.59. The minimum absolute atomic E-state index is 0.0185. The van der Waals surface area contributed by atoms with Crippen molar-refractivity contribution in [2.75, 3.05) is 33.4 Å².